The number of nitrogens with one attached hydrogen (secondary N) is 1. The van der Waals surface area contributed by atoms with Crippen LogP contribution in [-0.2, 0) is 0 Å². The Bertz CT molecular complexity index is 409. The smallest absolute Gasteiger partial charge is 0.0819 e. The number of rotatable bonds is 3. The van der Waals surface area contributed by atoms with E-state index < -0.39 is 5.60 Å². The zero-order chi connectivity index (χ0) is 13.2. The van der Waals surface area contributed by atoms with Gasteiger partial charge in [-0.05, 0) is 62.3 Å². The lowest BCUT2D eigenvalue weighted by Gasteiger charge is -2.35. The van der Waals surface area contributed by atoms with E-state index in [0.717, 1.165) is 48.5 Å². The maximum Gasteiger partial charge on any atom is 0.0819 e. The van der Waals surface area contributed by atoms with Crippen LogP contribution in [-0.4, -0.2) is 17.3 Å². The van der Waals surface area contributed by atoms with E-state index in [9.17, 15) is 5.11 Å². The van der Waals surface area contributed by atoms with Crippen molar-refractivity contribution >= 4 is 11.4 Å². The summed E-state index contributed by atoms with van der Waals surface area (Å²) < 4.78 is 0. The van der Waals surface area contributed by atoms with Gasteiger partial charge in [0.1, 0.15) is 0 Å². The molecule has 18 heavy (non-hydrogen) atoms. The van der Waals surface area contributed by atoms with Crippen molar-refractivity contribution in [2.24, 2.45) is 5.92 Å². The number of nitrogens with two attached hydrogens (primary N) is 1. The Kier molecular flexibility index (Phi) is 3.81. The minimum atomic E-state index is -0.540. The molecule has 1 fully saturated rings. The summed E-state index contributed by atoms with van der Waals surface area (Å²) >= 11 is 0. The molecule has 0 saturated heterocycles. The summed E-state index contributed by atoms with van der Waals surface area (Å²) in [5, 5.41) is 13.8. The van der Waals surface area contributed by atoms with E-state index >= 15 is 0 Å². The van der Waals surface area contributed by atoms with Crippen molar-refractivity contribution in [3.63, 3.8) is 0 Å². The molecule has 1 aromatic rings. The number of hydrogen-bond acceptors (Lipinski definition) is 3. The van der Waals surface area contributed by atoms with Gasteiger partial charge >= 0.3 is 0 Å². The van der Waals surface area contributed by atoms with Crippen molar-refractivity contribution < 1.29 is 5.11 Å². The van der Waals surface area contributed by atoms with Crippen LogP contribution in [0.4, 0.5) is 11.4 Å². The summed E-state index contributed by atoms with van der Waals surface area (Å²) in [6.45, 7) is 4.89. The summed E-state index contributed by atoms with van der Waals surface area (Å²) in [6, 6.07) is 5.91. The van der Waals surface area contributed by atoms with Crippen LogP contribution in [0, 0.1) is 12.8 Å². The molecule has 1 aliphatic carbocycles. The normalized spacial score (nSPS) is 28.1. The van der Waals surface area contributed by atoms with Gasteiger partial charge in [0.2, 0.25) is 0 Å². The molecule has 100 valence electrons. The lowest BCUT2D eigenvalue weighted by molar-refractivity contribution is 0.00501. The fraction of sp³-hybridized carbons (Fsp3) is 0.600. The highest BCUT2D eigenvalue weighted by Crippen LogP contribution is 2.32. The minimum Gasteiger partial charge on any atom is -0.399 e. The number of nitrogen functional groups attached to an aromatic ring is 1. The molecular formula is C15H24N2O. The average molecular weight is 248 g/mol. The van der Waals surface area contributed by atoms with E-state index in [4.69, 9.17) is 5.73 Å². The van der Waals surface area contributed by atoms with Crippen molar-refractivity contribution in [3.8, 4) is 0 Å². The molecule has 0 aliphatic heterocycles. The fourth-order valence-electron chi connectivity index (χ4n) is 2.53. The number of benzene rings is 1. The third-order valence-electron chi connectivity index (χ3n) is 4.10. The van der Waals surface area contributed by atoms with Crippen LogP contribution in [0.25, 0.3) is 0 Å². The van der Waals surface area contributed by atoms with E-state index in [2.05, 4.69) is 12.2 Å². The monoisotopic (exact) mass is 248 g/mol. The molecule has 0 radical (unpaired) electrons. The molecular weight excluding hydrogens is 224 g/mol. The highest BCUT2D eigenvalue weighted by Gasteiger charge is 2.31. The first kappa shape index (κ1) is 13.2. The molecule has 0 amide bonds. The molecule has 4 N–H and O–H groups in total. The summed E-state index contributed by atoms with van der Waals surface area (Å²) in [6.07, 6.45) is 4.04. The second kappa shape index (κ2) is 5.19. The SMILES string of the molecule is Cc1cc(NCC2(O)CCC(C)CC2)ccc1N. The van der Waals surface area contributed by atoms with Gasteiger partial charge in [0, 0.05) is 17.9 Å². The van der Waals surface area contributed by atoms with Crippen molar-refractivity contribution in [2.45, 2.75) is 45.1 Å². The van der Waals surface area contributed by atoms with Crippen LogP contribution in [0.5, 0.6) is 0 Å². The molecule has 0 heterocycles. The average Bonchev–Trinajstić information content (AvgIpc) is 2.35. The maximum absolute atomic E-state index is 10.5. The number of aliphatic hydroxyl groups is 1. The fourth-order valence-corrected chi connectivity index (χ4v) is 2.53. The first-order valence-electron chi connectivity index (χ1n) is 6.81. The van der Waals surface area contributed by atoms with E-state index in [0.29, 0.717) is 6.54 Å². The predicted octanol–water partition coefficient (Wildman–Crippen LogP) is 2.93. The molecule has 3 heteroatoms. The van der Waals surface area contributed by atoms with Crippen molar-refractivity contribution in [1.29, 1.82) is 0 Å². The van der Waals surface area contributed by atoms with E-state index in [1.807, 2.05) is 25.1 Å². The third kappa shape index (κ3) is 3.16. The Labute approximate surface area is 109 Å². The third-order valence-corrected chi connectivity index (χ3v) is 4.10. The highest BCUT2D eigenvalue weighted by molar-refractivity contribution is 5.56. The molecule has 1 aromatic carbocycles. The summed E-state index contributed by atoms with van der Waals surface area (Å²) in [4.78, 5) is 0. The van der Waals surface area contributed by atoms with Gasteiger partial charge in [0.15, 0.2) is 0 Å². The molecule has 2 rings (SSSR count). The summed E-state index contributed by atoms with van der Waals surface area (Å²) in [7, 11) is 0. The van der Waals surface area contributed by atoms with Crippen LogP contribution < -0.4 is 11.1 Å². The minimum absolute atomic E-state index is 0.540. The van der Waals surface area contributed by atoms with Gasteiger partial charge in [0.05, 0.1) is 5.60 Å². The number of aryl methyl sites for hydroxylation is 1. The predicted molar refractivity (Wildman–Crippen MR) is 76.7 cm³/mol. The van der Waals surface area contributed by atoms with Gasteiger partial charge in [-0.3, -0.25) is 0 Å². The Balaban J connectivity index is 1.92. The first-order valence-corrected chi connectivity index (χ1v) is 6.81. The van der Waals surface area contributed by atoms with Crippen LogP contribution in [0.1, 0.15) is 38.2 Å². The second-order valence-electron chi connectivity index (χ2n) is 5.83. The maximum atomic E-state index is 10.5. The Morgan fingerprint density at radius 1 is 1.39 bits per heavy atom. The van der Waals surface area contributed by atoms with Gasteiger partial charge in [0.25, 0.3) is 0 Å². The van der Waals surface area contributed by atoms with Gasteiger partial charge in [-0.2, -0.15) is 0 Å². The Morgan fingerprint density at radius 3 is 2.67 bits per heavy atom. The lowest BCUT2D eigenvalue weighted by Crippen LogP contribution is -2.40. The second-order valence-corrected chi connectivity index (χ2v) is 5.83. The van der Waals surface area contributed by atoms with Crippen LogP contribution in [0.3, 0.4) is 0 Å². The Morgan fingerprint density at radius 2 is 2.06 bits per heavy atom. The molecule has 0 spiro atoms. The lowest BCUT2D eigenvalue weighted by atomic mass is 9.79. The molecule has 0 unspecified atom stereocenters. The van der Waals surface area contributed by atoms with Crippen molar-refractivity contribution in [2.75, 3.05) is 17.6 Å². The van der Waals surface area contributed by atoms with Gasteiger partial charge in [-0.15, -0.1) is 0 Å². The van der Waals surface area contributed by atoms with E-state index in [1.54, 1.807) is 0 Å². The Hall–Kier alpha value is -1.22. The van der Waals surface area contributed by atoms with Crippen molar-refractivity contribution in [1.82, 2.24) is 0 Å². The number of hydrogen-bond donors (Lipinski definition) is 3. The molecule has 1 aliphatic rings. The van der Waals surface area contributed by atoms with E-state index in [-0.39, 0.29) is 0 Å². The largest absolute Gasteiger partial charge is 0.399 e. The molecule has 0 atom stereocenters. The van der Waals surface area contributed by atoms with Crippen LogP contribution in [0.15, 0.2) is 18.2 Å². The first-order chi connectivity index (χ1) is 8.48. The summed E-state index contributed by atoms with van der Waals surface area (Å²) in [5.74, 6) is 0.754. The molecule has 0 aromatic heterocycles. The highest BCUT2D eigenvalue weighted by atomic mass is 16.3. The molecule has 0 bridgehead atoms. The van der Waals surface area contributed by atoms with Crippen LogP contribution >= 0.6 is 0 Å². The van der Waals surface area contributed by atoms with Gasteiger partial charge in [-0.25, -0.2) is 0 Å². The molecule has 1 saturated carbocycles. The van der Waals surface area contributed by atoms with Crippen LogP contribution in [0.2, 0.25) is 0 Å². The van der Waals surface area contributed by atoms with Gasteiger partial charge in [-0.1, -0.05) is 6.92 Å². The summed E-state index contributed by atoms with van der Waals surface area (Å²) in [5.41, 5.74) is 8.17. The zero-order valence-corrected chi connectivity index (χ0v) is 11.4. The number of anilines is 2. The molecule has 3 nitrogen and oxygen atoms in total. The van der Waals surface area contributed by atoms with Crippen molar-refractivity contribution in [3.05, 3.63) is 23.8 Å². The zero-order valence-electron chi connectivity index (χ0n) is 11.4. The quantitative estimate of drug-likeness (QED) is 0.721. The standard InChI is InChI=1S/C15H24N2O/c1-11-5-7-15(18,8-6-11)10-17-13-3-4-14(16)12(2)9-13/h3-4,9,11,17-18H,5-8,10,16H2,1-2H3. The van der Waals surface area contributed by atoms with Gasteiger partial charge < -0.3 is 16.2 Å². The topological polar surface area (TPSA) is 58.3 Å². The van der Waals surface area contributed by atoms with E-state index in [1.165, 1.54) is 0 Å².